The molecule has 0 saturated carbocycles. The lowest BCUT2D eigenvalue weighted by Crippen LogP contribution is -2.31. The van der Waals surface area contributed by atoms with Gasteiger partial charge in [-0.25, -0.2) is 9.79 Å². The number of amides is 1. The Balaban J connectivity index is 1.62. The number of nitrogens with zero attached hydrogens (tertiary/aromatic N) is 3. The third kappa shape index (κ3) is 4.37. The minimum Gasteiger partial charge on any atom is -0.466 e. The van der Waals surface area contributed by atoms with Crippen LogP contribution in [-0.4, -0.2) is 40.6 Å². The van der Waals surface area contributed by atoms with Gasteiger partial charge in [0.05, 0.1) is 29.3 Å². The first-order chi connectivity index (χ1) is 15.1. The molecule has 2 aromatic carbocycles. The molecule has 0 radical (unpaired) electrons. The smallest absolute Gasteiger partial charge is 0.331 e. The number of amidine groups is 1. The van der Waals surface area contributed by atoms with Gasteiger partial charge in [-0.15, -0.1) is 0 Å². The molecule has 2 heterocycles. The molecule has 4 rings (SSSR count). The van der Waals surface area contributed by atoms with E-state index in [1.54, 1.807) is 29.2 Å². The summed E-state index contributed by atoms with van der Waals surface area (Å²) >= 11 is 1.13. The Labute approximate surface area is 183 Å². The van der Waals surface area contributed by atoms with Crippen molar-refractivity contribution in [2.75, 3.05) is 13.7 Å². The van der Waals surface area contributed by atoms with Gasteiger partial charge in [0, 0.05) is 29.7 Å². The maximum absolute atomic E-state index is 13.0. The summed E-state index contributed by atoms with van der Waals surface area (Å²) in [4.78, 5) is 34.3. The Hall–Kier alpha value is -3.83. The van der Waals surface area contributed by atoms with Crippen LogP contribution in [0.2, 0.25) is 0 Å². The number of nitriles is 1. The minimum atomic E-state index is -0.591. The maximum atomic E-state index is 13.0. The molecular formula is C23H18N4O3S. The largest absolute Gasteiger partial charge is 0.466 e. The van der Waals surface area contributed by atoms with E-state index in [0.29, 0.717) is 29.4 Å². The van der Waals surface area contributed by atoms with Crippen molar-refractivity contribution in [3.05, 3.63) is 76.8 Å². The SMILES string of the molecule is COC(=O)/C=C1\SC(=Nc2ccc(C#N)cc2)N(CCc2c[nH]c3ccccc23)C1=O. The molecule has 1 saturated heterocycles. The number of aromatic amines is 1. The number of hydrogen-bond acceptors (Lipinski definition) is 6. The lowest BCUT2D eigenvalue weighted by Gasteiger charge is -2.15. The molecule has 1 aliphatic heterocycles. The fourth-order valence-electron chi connectivity index (χ4n) is 3.25. The molecule has 0 aliphatic carbocycles. The molecule has 8 heteroatoms. The van der Waals surface area contributed by atoms with Crippen molar-refractivity contribution in [1.29, 1.82) is 5.26 Å². The third-order valence-corrected chi connectivity index (χ3v) is 5.85. The fraction of sp³-hybridized carbons (Fsp3) is 0.130. The van der Waals surface area contributed by atoms with Crippen molar-refractivity contribution in [1.82, 2.24) is 9.88 Å². The number of methoxy groups -OCH3 is 1. The molecule has 31 heavy (non-hydrogen) atoms. The van der Waals surface area contributed by atoms with Crippen LogP contribution in [-0.2, 0) is 20.7 Å². The normalized spacial score (nSPS) is 16.3. The van der Waals surface area contributed by atoms with E-state index in [9.17, 15) is 9.59 Å². The number of aliphatic imine (C=N–C) groups is 1. The first kappa shape index (κ1) is 20.4. The van der Waals surface area contributed by atoms with Gasteiger partial charge in [0.15, 0.2) is 5.17 Å². The molecule has 3 aromatic rings. The highest BCUT2D eigenvalue weighted by molar-refractivity contribution is 8.18. The summed E-state index contributed by atoms with van der Waals surface area (Å²) in [6.45, 7) is 0.404. The number of ether oxygens (including phenoxy) is 1. The molecule has 1 fully saturated rings. The molecule has 1 amide bonds. The average Bonchev–Trinajstić information content (AvgIpc) is 3.33. The summed E-state index contributed by atoms with van der Waals surface area (Å²) in [6.07, 6.45) is 3.75. The van der Waals surface area contributed by atoms with Crippen LogP contribution in [0, 0.1) is 11.3 Å². The van der Waals surface area contributed by atoms with E-state index in [0.717, 1.165) is 28.2 Å². The number of fused-ring (bicyclic) bond motifs is 1. The lowest BCUT2D eigenvalue weighted by atomic mass is 10.1. The molecule has 0 bridgehead atoms. The van der Waals surface area contributed by atoms with Gasteiger partial charge in [0.2, 0.25) is 0 Å². The van der Waals surface area contributed by atoms with Crippen LogP contribution in [0.4, 0.5) is 5.69 Å². The van der Waals surface area contributed by atoms with Crippen molar-refractivity contribution in [3.8, 4) is 6.07 Å². The lowest BCUT2D eigenvalue weighted by molar-refractivity contribution is -0.135. The molecule has 1 aliphatic rings. The second kappa shape index (κ2) is 8.90. The number of nitrogens with one attached hydrogen (secondary N) is 1. The summed E-state index contributed by atoms with van der Waals surface area (Å²) < 4.78 is 4.67. The van der Waals surface area contributed by atoms with Gasteiger partial charge in [-0.2, -0.15) is 5.26 Å². The van der Waals surface area contributed by atoms with Crippen LogP contribution in [0.3, 0.4) is 0 Å². The number of para-hydroxylation sites is 1. The fourth-order valence-corrected chi connectivity index (χ4v) is 4.23. The van der Waals surface area contributed by atoms with Crippen molar-refractivity contribution in [2.24, 2.45) is 4.99 Å². The molecule has 1 N–H and O–H groups in total. The molecule has 154 valence electrons. The summed E-state index contributed by atoms with van der Waals surface area (Å²) in [5.74, 6) is -0.880. The van der Waals surface area contributed by atoms with Gasteiger partial charge in [-0.05, 0) is 54.1 Å². The van der Waals surface area contributed by atoms with Crippen molar-refractivity contribution in [2.45, 2.75) is 6.42 Å². The van der Waals surface area contributed by atoms with Crippen molar-refractivity contribution in [3.63, 3.8) is 0 Å². The Morgan fingerprint density at radius 2 is 2.03 bits per heavy atom. The molecule has 1 aromatic heterocycles. The Kier molecular flexibility index (Phi) is 5.87. The second-order valence-electron chi connectivity index (χ2n) is 6.75. The number of thioether (sulfide) groups is 1. The van der Waals surface area contributed by atoms with E-state index < -0.39 is 5.97 Å². The predicted molar refractivity (Wildman–Crippen MR) is 120 cm³/mol. The highest BCUT2D eigenvalue weighted by Gasteiger charge is 2.34. The number of aromatic nitrogens is 1. The van der Waals surface area contributed by atoms with Crippen LogP contribution >= 0.6 is 11.8 Å². The first-order valence-corrected chi connectivity index (χ1v) is 10.3. The molecule has 0 atom stereocenters. The van der Waals surface area contributed by atoms with Gasteiger partial charge in [0.25, 0.3) is 5.91 Å². The number of rotatable bonds is 5. The number of esters is 1. The predicted octanol–water partition coefficient (Wildman–Crippen LogP) is 3.90. The number of carbonyl (C=O) groups is 2. The molecule has 0 unspecified atom stereocenters. The van der Waals surface area contributed by atoms with E-state index >= 15 is 0 Å². The number of benzene rings is 2. The summed E-state index contributed by atoms with van der Waals surface area (Å²) in [7, 11) is 1.27. The zero-order valence-electron chi connectivity index (χ0n) is 16.7. The zero-order chi connectivity index (χ0) is 21.8. The van der Waals surface area contributed by atoms with E-state index in [-0.39, 0.29) is 10.8 Å². The monoisotopic (exact) mass is 430 g/mol. The van der Waals surface area contributed by atoms with E-state index in [1.807, 2.05) is 30.5 Å². The highest BCUT2D eigenvalue weighted by Crippen LogP contribution is 2.33. The van der Waals surface area contributed by atoms with Gasteiger partial charge in [0.1, 0.15) is 0 Å². The van der Waals surface area contributed by atoms with Gasteiger partial charge in [-0.3, -0.25) is 9.69 Å². The highest BCUT2D eigenvalue weighted by atomic mass is 32.2. The van der Waals surface area contributed by atoms with Crippen LogP contribution in [0.1, 0.15) is 11.1 Å². The summed E-state index contributed by atoms with van der Waals surface area (Å²) in [5, 5.41) is 10.6. The van der Waals surface area contributed by atoms with Gasteiger partial charge >= 0.3 is 5.97 Å². The maximum Gasteiger partial charge on any atom is 0.331 e. The van der Waals surface area contributed by atoms with Gasteiger partial charge in [-0.1, -0.05) is 18.2 Å². The molecular weight excluding hydrogens is 412 g/mol. The van der Waals surface area contributed by atoms with Crippen LogP contribution in [0.5, 0.6) is 0 Å². The Morgan fingerprint density at radius 1 is 1.26 bits per heavy atom. The third-order valence-electron chi connectivity index (χ3n) is 4.84. The van der Waals surface area contributed by atoms with E-state index in [4.69, 9.17) is 5.26 Å². The zero-order valence-corrected chi connectivity index (χ0v) is 17.5. The minimum absolute atomic E-state index is 0.262. The number of hydrogen-bond donors (Lipinski definition) is 1. The summed E-state index contributed by atoms with van der Waals surface area (Å²) in [5.41, 5.74) is 3.28. The first-order valence-electron chi connectivity index (χ1n) is 9.52. The van der Waals surface area contributed by atoms with Crippen LogP contribution in [0.25, 0.3) is 10.9 Å². The standard InChI is InChI=1S/C23H18N4O3S/c1-30-21(28)12-20-22(29)27(11-10-16-14-25-19-5-3-2-4-18(16)19)23(31-20)26-17-8-6-15(13-24)7-9-17/h2-9,12,14,25H,10-11H2,1H3/b20-12-,26-23?. The second-order valence-corrected chi connectivity index (χ2v) is 7.76. The average molecular weight is 430 g/mol. The van der Waals surface area contributed by atoms with Crippen molar-refractivity contribution < 1.29 is 14.3 Å². The molecule has 7 nitrogen and oxygen atoms in total. The number of carbonyl (C=O) groups excluding carboxylic acids is 2. The topological polar surface area (TPSA) is 98.5 Å². The van der Waals surface area contributed by atoms with Crippen molar-refractivity contribution >= 4 is 45.4 Å². The van der Waals surface area contributed by atoms with Crippen LogP contribution in [0.15, 0.2) is 70.7 Å². The number of H-pyrrole nitrogens is 1. The van der Waals surface area contributed by atoms with E-state index in [2.05, 4.69) is 20.8 Å². The molecule has 0 spiro atoms. The Bertz CT molecular complexity index is 1250. The Morgan fingerprint density at radius 3 is 2.77 bits per heavy atom. The van der Waals surface area contributed by atoms with Crippen LogP contribution < -0.4 is 0 Å². The van der Waals surface area contributed by atoms with Gasteiger partial charge < -0.3 is 9.72 Å². The van der Waals surface area contributed by atoms with E-state index in [1.165, 1.54) is 13.2 Å². The quantitative estimate of drug-likeness (QED) is 0.489. The summed E-state index contributed by atoms with van der Waals surface area (Å²) in [6, 6.07) is 16.8.